The van der Waals surface area contributed by atoms with Crippen molar-refractivity contribution in [2.75, 3.05) is 10.6 Å². The van der Waals surface area contributed by atoms with Gasteiger partial charge in [0.2, 0.25) is 11.9 Å². The highest BCUT2D eigenvalue weighted by molar-refractivity contribution is 7.27. The monoisotopic (exact) mass is 535 g/mol. The van der Waals surface area contributed by atoms with E-state index >= 15 is 0 Å². The third-order valence-electron chi connectivity index (χ3n) is 5.83. The van der Waals surface area contributed by atoms with Gasteiger partial charge in [0.05, 0.1) is 41.3 Å². The SMILES string of the molecule is Cc1ncc(NC(=O)Cc2ccc(-c3cnc(Nc4cnn5ccccc45)nc3)cc2P)cc1C(F)(F)F. The van der Waals surface area contributed by atoms with E-state index in [1.54, 1.807) is 29.2 Å². The Labute approximate surface area is 217 Å². The maximum Gasteiger partial charge on any atom is 0.418 e. The van der Waals surface area contributed by atoms with Crippen LogP contribution in [0.15, 0.2) is 73.4 Å². The van der Waals surface area contributed by atoms with Crippen molar-refractivity contribution in [3.05, 3.63) is 90.3 Å². The number of rotatable bonds is 6. The Morgan fingerprint density at radius 1 is 1.00 bits per heavy atom. The number of aryl methyl sites for hydroxylation is 1. The average Bonchev–Trinajstić information content (AvgIpc) is 3.29. The molecule has 1 atom stereocenters. The average molecular weight is 535 g/mol. The van der Waals surface area contributed by atoms with Crippen molar-refractivity contribution >= 4 is 43.3 Å². The van der Waals surface area contributed by atoms with Gasteiger partial charge in [0.1, 0.15) is 0 Å². The zero-order valence-corrected chi connectivity index (χ0v) is 21.1. The molecule has 0 aliphatic heterocycles. The fourth-order valence-electron chi connectivity index (χ4n) is 3.90. The van der Waals surface area contributed by atoms with Gasteiger partial charge in [0.15, 0.2) is 0 Å². The molecule has 0 aliphatic carbocycles. The van der Waals surface area contributed by atoms with Crippen LogP contribution in [0.1, 0.15) is 16.8 Å². The van der Waals surface area contributed by atoms with Gasteiger partial charge in [-0.25, -0.2) is 14.5 Å². The molecule has 38 heavy (non-hydrogen) atoms. The Kier molecular flexibility index (Phi) is 6.77. The number of hydrogen-bond donors (Lipinski definition) is 2. The van der Waals surface area contributed by atoms with E-state index in [0.29, 0.717) is 11.5 Å². The number of benzene rings is 1. The third kappa shape index (κ3) is 5.47. The lowest BCUT2D eigenvalue weighted by atomic mass is 10.0. The molecule has 8 nitrogen and oxygen atoms in total. The minimum Gasteiger partial charge on any atom is -0.324 e. The minimum absolute atomic E-state index is 0.00943. The molecule has 0 fully saturated rings. The van der Waals surface area contributed by atoms with Crippen molar-refractivity contribution in [1.82, 2.24) is 24.6 Å². The van der Waals surface area contributed by atoms with Crippen LogP contribution in [-0.4, -0.2) is 30.5 Å². The fourth-order valence-corrected chi connectivity index (χ4v) is 4.27. The quantitative estimate of drug-likeness (QED) is 0.299. The summed E-state index contributed by atoms with van der Waals surface area (Å²) < 4.78 is 41.2. The van der Waals surface area contributed by atoms with Gasteiger partial charge in [-0.1, -0.05) is 18.2 Å². The van der Waals surface area contributed by atoms with E-state index in [0.717, 1.165) is 33.7 Å². The third-order valence-corrected chi connectivity index (χ3v) is 6.37. The van der Waals surface area contributed by atoms with Crippen LogP contribution < -0.4 is 15.9 Å². The summed E-state index contributed by atoms with van der Waals surface area (Å²) in [6, 6.07) is 12.1. The van der Waals surface area contributed by atoms with Crippen LogP contribution in [0.5, 0.6) is 0 Å². The zero-order valence-electron chi connectivity index (χ0n) is 20.0. The van der Waals surface area contributed by atoms with E-state index in [1.165, 1.54) is 13.1 Å². The van der Waals surface area contributed by atoms with Crippen LogP contribution in [-0.2, 0) is 17.4 Å². The Balaban J connectivity index is 1.25. The first kappa shape index (κ1) is 25.3. The molecule has 4 heterocycles. The molecule has 192 valence electrons. The van der Waals surface area contributed by atoms with Crippen molar-refractivity contribution in [2.24, 2.45) is 0 Å². The van der Waals surface area contributed by atoms with E-state index < -0.39 is 17.6 Å². The molecule has 0 spiro atoms. The van der Waals surface area contributed by atoms with E-state index in [2.05, 4.69) is 39.9 Å². The Morgan fingerprint density at radius 2 is 1.79 bits per heavy atom. The lowest BCUT2D eigenvalue weighted by molar-refractivity contribution is -0.138. The minimum atomic E-state index is -4.55. The first-order valence-corrected chi connectivity index (χ1v) is 12.0. The molecule has 5 aromatic rings. The first-order valence-electron chi connectivity index (χ1n) is 11.4. The van der Waals surface area contributed by atoms with Crippen LogP contribution in [0, 0.1) is 6.92 Å². The van der Waals surface area contributed by atoms with Crippen LogP contribution in [0.3, 0.4) is 0 Å². The maximum absolute atomic E-state index is 13.1. The van der Waals surface area contributed by atoms with Gasteiger partial charge in [-0.15, -0.1) is 9.24 Å². The molecule has 0 saturated carbocycles. The van der Waals surface area contributed by atoms with E-state index in [9.17, 15) is 18.0 Å². The van der Waals surface area contributed by atoms with Crippen molar-refractivity contribution in [3.8, 4) is 11.1 Å². The molecule has 0 bridgehead atoms. The molecule has 12 heteroatoms. The van der Waals surface area contributed by atoms with Gasteiger partial charge in [0, 0.05) is 29.8 Å². The summed E-state index contributed by atoms with van der Waals surface area (Å²) in [5.41, 5.74) is 2.97. The summed E-state index contributed by atoms with van der Waals surface area (Å²) in [6.45, 7) is 1.27. The second-order valence-corrected chi connectivity index (χ2v) is 9.12. The summed E-state index contributed by atoms with van der Waals surface area (Å²) in [7, 11) is 2.58. The second-order valence-electron chi connectivity index (χ2n) is 8.50. The number of pyridine rings is 2. The number of hydrogen-bond acceptors (Lipinski definition) is 6. The number of carbonyl (C=O) groups is 1. The topological polar surface area (TPSA) is 97.1 Å². The van der Waals surface area contributed by atoms with Crippen molar-refractivity contribution in [1.29, 1.82) is 0 Å². The smallest absolute Gasteiger partial charge is 0.324 e. The van der Waals surface area contributed by atoms with Crippen molar-refractivity contribution < 1.29 is 18.0 Å². The normalized spacial score (nSPS) is 11.5. The van der Waals surface area contributed by atoms with Gasteiger partial charge >= 0.3 is 6.18 Å². The molecule has 0 radical (unpaired) electrons. The number of amides is 1. The van der Waals surface area contributed by atoms with Gasteiger partial charge in [-0.3, -0.25) is 9.78 Å². The standard InChI is InChI=1S/C26H21F3N7OP/c1-15-20(26(27,28)29)10-19(13-30-15)34-24(37)9-17-6-5-16(8-23(17)38)18-11-31-25(32-12-18)35-21-14-33-36-7-3-2-4-22(21)36/h2-8,10-14H,9,38H2,1H3,(H,34,37)(H,31,32,35). The molecular formula is C26H21F3N7OP. The summed E-state index contributed by atoms with van der Waals surface area (Å²) in [5, 5.41) is 10.7. The molecule has 1 aromatic carbocycles. The summed E-state index contributed by atoms with van der Waals surface area (Å²) in [6.07, 6.45) is 3.57. The maximum atomic E-state index is 13.1. The molecule has 4 aromatic heterocycles. The molecule has 2 N–H and O–H groups in total. The van der Waals surface area contributed by atoms with E-state index in [1.807, 2.05) is 36.5 Å². The largest absolute Gasteiger partial charge is 0.418 e. The summed E-state index contributed by atoms with van der Waals surface area (Å²) >= 11 is 0. The Hall–Kier alpha value is -4.37. The predicted octanol–water partition coefficient (Wildman–Crippen LogP) is 4.94. The number of fused-ring (bicyclic) bond motifs is 1. The number of halogens is 3. The van der Waals surface area contributed by atoms with Crippen LogP contribution in [0.4, 0.5) is 30.5 Å². The van der Waals surface area contributed by atoms with Crippen LogP contribution in [0.2, 0.25) is 0 Å². The number of alkyl halides is 3. The van der Waals surface area contributed by atoms with Crippen LogP contribution in [0.25, 0.3) is 16.6 Å². The summed E-state index contributed by atoms with van der Waals surface area (Å²) in [4.78, 5) is 25.1. The van der Waals surface area contributed by atoms with Gasteiger partial charge in [-0.05, 0) is 47.6 Å². The van der Waals surface area contributed by atoms with Gasteiger partial charge in [0.25, 0.3) is 0 Å². The number of nitrogens with zero attached hydrogens (tertiary/aromatic N) is 5. The number of nitrogens with one attached hydrogen (secondary N) is 2. The summed E-state index contributed by atoms with van der Waals surface area (Å²) in [5.74, 6) is -0.0298. The van der Waals surface area contributed by atoms with E-state index in [4.69, 9.17) is 0 Å². The van der Waals surface area contributed by atoms with E-state index in [-0.39, 0.29) is 17.8 Å². The lowest BCUT2D eigenvalue weighted by Gasteiger charge is -2.13. The highest BCUT2D eigenvalue weighted by atomic mass is 31.0. The number of carbonyl (C=O) groups excluding carboxylic acids is 1. The fraction of sp³-hybridized carbons (Fsp3) is 0.115. The number of aromatic nitrogens is 5. The molecule has 0 aliphatic rings. The molecule has 1 unspecified atom stereocenters. The van der Waals surface area contributed by atoms with Crippen molar-refractivity contribution in [3.63, 3.8) is 0 Å². The Bertz CT molecular complexity index is 1630. The first-order chi connectivity index (χ1) is 18.2. The highest BCUT2D eigenvalue weighted by Crippen LogP contribution is 2.32. The zero-order chi connectivity index (χ0) is 26.9. The van der Waals surface area contributed by atoms with Crippen LogP contribution >= 0.6 is 9.24 Å². The lowest BCUT2D eigenvalue weighted by Crippen LogP contribution is -2.18. The Morgan fingerprint density at radius 3 is 2.53 bits per heavy atom. The molecule has 5 rings (SSSR count). The van der Waals surface area contributed by atoms with Gasteiger partial charge in [-0.2, -0.15) is 18.3 Å². The predicted molar refractivity (Wildman–Crippen MR) is 142 cm³/mol. The molecular weight excluding hydrogens is 514 g/mol. The molecule has 1 amide bonds. The molecule has 0 saturated heterocycles. The highest BCUT2D eigenvalue weighted by Gasteiger charge is 2.33. The van der Waals surface area contributed by atoms with Crippen molar-refractivity contribution in [2.45, 2.75) is 19.5 Å². The van der Waals surface area contributed by atoms with Gasteiger partial charge < -0.3 is 10.6 Å². The second kappa shape index (κ2) is 10.2. The number of anilines is 3.